The van der Waals surface area contributed by atoms with Crippen LogP contribution in [0.1, 0.15) is 30.6 Å². The Morgan fingerprint density at radius 1 is 1.83 bits per heavy atom. The van der Waals surface area contributed by atoms with Gasteiger partial charge >= 0.3 is 5.97 Å². The molecule has 1 aromatic heterocycles. The molecule has 0 amide bonds. The minimum absolute atomic E-state index is 0.490. The molecule has 0 saturated carbocycles. The summed E-state index contributed by atoms with van der Waals surface area (Å²) in [5.41, 5.74) is 0.671. The van der Waals surface area contributed by atoms with E-state index in [9.17, 15) is 4.79 Å². The van der Waals surface area contributed by atoms with E-state index in [0.29, 0.717) is 17.7 Å². The molecule has 0 aliphatic carbocycles. The van der Waals surface area contributed by atoms with Crippen molar-refractivity contribution >= 4 is 5.97 Å². The molecule has 1 atom stereocenters. The summed E-state index contributed by atoms with van der Waals surface area (Å²) >= 11 is 0. The van der Waals surface area contributed by atoms with Crippen LogP contribution in [0.2, 0.25) is 0 Å². The summed E-state index contributed by atoms with van der Waals surface area (Å²) in [6, 6.07) is 0. The van der Waals surface area contributed by atoms with Crippen molar-refractivity contribution in [2.75, 3.05) is 0 Å². The van der Waals surface area contributed by atoms with Crippen LogP contribution in [-0.4, -0.2) is 16.2 Å². The SMILES string of the molecule is CCC(C(=O)O)c1cnoc1C. The summed E-state index contributed by atoms with van der Waals surface area (Å²) in [5, 5.41) is 12.3. The number of hydrogen-bond acceptors (Lipinski definition) is 3. The number of carboxylic acids is 1. The molecule has 4 nitrogen and oxygen atoms in total. The Morgan fingerprint density at radius 3 is 2.83 bits per heavy atom. The topological polar surface area (TPSA) is 63.3 Å². The standard InChI is InChI=1S/C8H11NO3/c1-3-6(8(10)11)7-4-9-12-5(7)2/h4,6H,3H2,1-2H3,(H,10,11). The number of nitrogens with zero attached hydrogens (tertiary/aromatic N) is 1. The van der Waals surface area contributed by atoms with Crippen molar-refractivity contribution in [3.63, 3.8) is 0 Å². The fourth-order valence-electron chi connectivity index (χ4n) is 1.17. The van der Waals surface area contributed by atoms with E-state index in [1.54, 1.807) is 6.92 Å². The minimum atomic E-state index is -0.830. The molecule has 0 aliphatic rings. The van der Waals surface area contributed by atoms with Crippen LogP contribution in [0.4, 0.5) is 0 Å². The third-order valence-electron chi connectivity index (χ3n) is 1.87. The van der Waals surface area contributed by atoms with E-state index in [0.717, 1.165) is 0 Å². The summed E-state index contributed by atoms with van der Waals surface area (Å²) in [7, 11) is 0. The lowest BCUT2D eigenvalue weighted by Crippen LogP contribution is -2.10. The Bertz CT molecular complexity index is 280. The maximum atomic E-state index is 10.7. The van der Waals surface area contributed by atoms with Crippen molar-refractivity contribution in [2.24, 2.45) is 0 Å². The average molecular weight is 169 g/mol. The summed E-state index contributed by atoms with van der Waals surface area (Å²) in [6.07, 6.45) is 2.02. The zero-order valence-corrected chi connectivity index (χ0v) is 7.07. The Morgan fingerprint density at radius 2 is 2.50 bits per heavy atom. The number of aromatic nitrogens is 1. The van der Waals surface area contributed by atoms with Gasteiger partial charge in [-0.2, -0.15) is 0 Å². The van der Waals surface area contributed by atoms with Crippen LogP contribution >= 0.6 is 0 Å². The first-order chi connectivity index (χ1) is 5.66. The van der Waals surface area contributed by atoms with Gasteiger partial charge in [0.1, 0.15) is 5.76 Å². The Hall–Kier alpha value is -1.32. The second-order valence-corrected chi connectivity index (χ2v) is 2.64. The predicted octanol–water partition coefficient (Wildman–Crippen LogP) is 1.56. The first kappa shape index (κ1) is 8.77. The monoisotopic (exact) mass is 169 g/mol. The van der Waals surface area contributed by atoms with Gasteiger partial charge in [-0.3, -0.25) is 4.79 Å². The molecule has 1 rings (SSSR count). The van der Waals surface area contributed by atoms with Gasteiger partial charge < -0.3 is 9.63 Å². The highest BCUT2D eigenvalue weighted by molar-refractivity contribution is 5.76. The van der Waals surface area contributed by atoms with E-state index < -0.39 is 11.9 Å². The largest absolute Gasteiger partial charge is 0.481 e. The summed E-state index contributed by atoms with van der Waals surface area (Å²) in [6.45, 7) is 3.54. The molecule has 1 N–H and O–H groups in total. The Kier molecular flexibility index (Phi) is 2.47. The van der Waals surface area contributed by atoms with E-state index in [4.69, 9.17) is 9.63 Å². The molecule has 0 radical (unpaired) electrons. The molecule has 1 aromatic rings. The number of carbonyl (C=O) groups is 1. The average Bonchev–Trinajstić information content (AvgIpc) is 2.38. The molecule has 1 unspecified atom stereocenters. The van der Waals surface area contributed by atoms with Crippen LogP contribution < -0.4 is 0 Å². The smallest absolute Gasteiger partial charge is 0.311 e. The van der Waals surface area contributed by atoms with Gasteiger partial charge in [0.15, 0.2) is 0 Å². The summed E-state index contributed by atoms with van der Waals surface area (Å²) in [4.78, 5) is 10.7. The molecule has 0 spiro atoms. The van der Waals surface area contributed by atoms with Gasteiger partial charge in [-0.05, 0) is 13.3 Å². The molecule has 0 fully saturated rings. The van der Waals surface area contributed by atoms with Crippen molar-refractivity contribution in [1.29, 1.82) is 0 Å². The van der Waals surface area contributed by atoms with E-state index in [1.165, 1.54) is 6.20 Å². The minimum Gasteiger partial charge on any atom is -0.481 e. The summed E-state index contributed by atoms with van der Waals surface area (Å²) in [5.74, 6) is -0.732. The quantitative estimate of drug-likeness (QED) is 0.745. The van der Waals surface area contributed by atoms with Gasteiger partial charge in [0, 0.05) is 5.56 Å². The normalized spacial score (nSPS) is 12.8. The number of hydrogen-bond donors (Lipinski definition) is 1. The lowest BCUT2D eigenvalue weighted by atomic mass is 9.98. The van der Waals surface area contributed by atoms with Crippen LogP contribution in [0.25, 0.3) is 0 Å². The van der Waals surface area contributed by atoms with E-state index in [-0.39, 0.29) is 0 Å². The highest BCUT2D eigenvalue weighted by Gasteiger charge is 2.21. The summed E-state index contributed by atoms with van der Waals surface area (Å²) < 4.78 is 4.78. The molecule has 1 heterocycles. The molecular formula is C8H11NO3. The maximum absolute atomic E-state index is 10.7. The molecular weight excluding hydrogens is 158 g/mol. The highest BCUT2D eigenvalue weighted by Crippen LogP contribution is 2.22. The number of aliphatic carboxylic acids is 1. The zero-order chi connectivity index (χ0) is 9.14. The fourth-order valence-corrected chi connectivity index (χ4v) is 1.17. The van der Waals surface area contributed by atoms with E-state index in [2.05, 4.69) is 5.16 Å². The second-order valence-electron chi connectivity index (χ2n) is 2.64. The molecule has 0 aliphatic heterocycles. The third kappa shape index (κ3) is 1.47. The molecule has 12 heavy (non-hydrogen) atoms. The van der Waals surface area contributed by atoms with Gasteiger partial charge in [-0.1, -0.05) is 12.1 Å². The van der Waals surface area contributed by atoms with Gasteiger partial charge in [0.05, 0.1) is 12.1 Å². The highest BCUT2D eigenvalue weighted by atomic mass is 16.5. The van der Waals surface area contributed by atoms with Gasteiger partial charge in [0.2, 0.25) is 0 Å². The molecule has 0 bridgehead atoms. The fraction of sp³-hybridized carbons (Fsp3) is 0.500. The molecule has 0 saturated heterocycles. The first-order valence-corrected chi connectivity index (χ1v) is 3.80. The van der Waals surface area contributed by atoms with Crippen molar-refractivity contribution in [3.8, 4) is 0 Å². The Labute approximate surface area is 70.2 Å². The van der Waals surface area contributed by atoms with Crippen LogP contribution in [0.3, 0.4) is 0 Å². The second kappa shape index (κ2) is 3.38. The van der Waals surface area contributed by atoms with Crippen LogP contribution in [-0.2, 0) is 4.79 Å². The maximum Gasteiger partial charge on any atom is 0.311 e. The number of carboxylic acid groups (broad SMARTS) is 1. The van der Waals surface area contributed by atoms with Crippen LogP contribution in [0, 0.1) is 6.92 Å². The van der Waals surface area contributed by atoms with Crippen LogP contribution in [0.15, 0.2) is 10.7 Å². The third-order valence-corrected chi connectivity index (χ3v) is 1.87. The molecule has 0 aromatic carbocycles. The lowest BCUT2D eigenvalue weighted by molar-refractivity contribution is -0.138. The molecule has 4 heteroatoms. The predicted molar refractivity (Wildman–Crippen MR) is 41.9 cm³/mol. The van der Waals surface area contributed by atoms with Gasteiger partial charge in [-0.15, -0.1) is 0 Å². The van der Waals surface area contributed by atoms with E-state index >= 15 is 0 Å². The first-order valence-electron chi connectivity index (χ1n) is 3.80. The van der Waals surface area contributed by atoms with Crippen molar-refractivity contribution in [1.82, 2.24) is 5.16 Å². The van der Waals surface area contributed by atoms with Crippen molar-refractivity contribution < 1.29 is 14.4 Å². The zero-order valence-electron chi connectivity index (χ0n) is 7.07. The van der Waals surface area contributed by atoms with E-state index in [1.807, 2.05) is 6.92 Å². The number of aryl methyl sites for hydroxylation is 1. The van der Waals surface area contributed by atoms with Crippen LogP contribution in [0.5, 0.6) is 0 Å². The van der Waals surface area contributed by atoms with Crippen molar-refractivity contribution in [3.05, 3.63) is 17.5 Å². The van der Waals surface area contributed by atoms with Gasteiger partial charge in [0.25, 0.3) is 0 Å². The Balaban J connectivity index is 2.94. The molecule has 66 valence electrons. The van der Waals surface area contributed by atoms with Gasteiger partial charge in [-0.25, -0.2) is 0 Å². The lowest BCUT2D eigenvalue weighted by Gasteiger charge is -2.05. The van der Waals surface area contributed by atoms with Crippen molar-refractivity contribution in [2.45, 2.75) is 26.2 Å². The number of rotatable bonds is 3.